The van der Waals surface area contributed by atoms with Crippen molar-refractivity contribution in [2.45, 2.75) is 52.9 Å². The average Bonchev–Trinajstić information content (AvgIpc) is 2.53. The van der Waals surface area contributed by atoms with Crippen LogP contribution in [0, 0.1) is 5.92 Å². The Balaban J connectivity index is 2.63. The van der Waals surface area contributed by atoms with Gasteiger partial charge in [0.15, 0.2) is 5.75 Å². The van der Waals surface area contributed by atoms with Crippen LogP contribution in [0.15, 0.2) is 24.3 Å². The van der Waals surface area contributed by atoms with E-state index >= 15 is 0 Å². The van der Waals surface area contributed by atoms with Gasteiger partial charge in [-0.05, 0) is 37.3 Å². The maximum Gasteiger partial charge on any atom is 0.440 e. The van der Waals surface area contributed by atoms with Crippen LogP contribution in [0.1, 0.15) is 52.9 Å². The Bertz CT molecular complexity index is 458. The number of nitrogens with zero attached hydrogens (tertiary/aromatic N) is 1. The summed E-state index contributed by atoms with van der Waals surface area (Å²) in [6.45, 7) is 7.29. The minimum atomic E-state index is -1.09. The van der Waals surface area contributed by atoms with Gasteiger partial charge in [0.25, 0.3) is 0 Å². The summed E-state index contributed by atoms with van der Waals surface area (Å²) < 4.78 is 5.87. The van der Waals surface area contributed by atoms with Gasteiger partial charge in [-0.25, -0.2) is 4.79 Å². The molecule has 1 amide bonds. The lowest BCUT2D eigenvalue weighted by molar-refractivity contribution is -0.0357. The highest BCUT2D eigenvalue weighted by Gasteiger charge is 2.13. The first-order chi connectivity index (χ1) is 11.1. The summed E-state index contributed by atoms with van der Waals surface area (Å²) in [4.78, 5) is 16.5. The molecule has 5 nitrogen and oxygen atoms in total. The van der Waals surface area contributed by atoms with E-state index in [1.165, 1.54) is 0 Å². The molecule has 0 saturated heterocycles. The summed E-state index contributed by atoms with van der Waals surface area (Å²) >= 11 is 0. The first-order valence-electron chi connectivity index (χ1n) is 8.51. The number of hydrogen-bond acceptors (Lipinski definition) is 3. The highest BCUT2D eigenvalue weighted by molar-refractivity contribution is 5.63. The third-order valence-corrected chi connectivity index (χ3v) is 3.54. The molecular weight excluding hydrogens is 294 g/mol. The zero-order valence-corrected chi connectivity index (χ0v) is 14.5. The van der Waals surface area contributed by atoms with Gasteiger partial charge in [0.2, 0.25) is 0 Å². The van der Waals surface area contributed by atoms with E-state index in [9.17, 15) is 4.79 Å². The highest BCUT2D eigenvalue weighted by atomic mass is 16.7. The fraction of sp³-hybridized carbons (Fsp3) is 0.611. The number of hydrogen-bond donors (Lipinski definition) is 1. The van der Waals surface area contributed by atoms with E-state index < -0.39 is 6.09 Å². The molecule has 23 heavy (non-hydrogen) atoms. The maximum absolute atomic E-state index is 11.1. The van der Waals surface area contributed by atoms with Gasteiger partial charge in [0.1, 0.15) is 5.75 Å². The Labute approximate surface area is 139 Å². The minimum Gasteiger partial charge on any atom is -0.493 e. The van der Waals surface area contributed by atoms with Crippen LogP contribution in [0.5, 0.6) is 11.5 Å². The quantitative estimate of drug-likeness (QED) is 0.584. The molecule has 5 heteroatoms. The first-order valence-corrected chi connectivity index (χ1v) is 8.51. The van der Waals surface area contributed by atoms with Crippen molar-refractivity contribution in [2.75, 3.05) is 13.2 Å². The summed E-state index contributed by atoms with van der Waals surface area (Å²) in [5.74, 6) is 1.74. The average molecular weight is 323 g/mol. The van der Waals surface area contributed by atoms with E-state index in [1.54, 1.807) is 12.1 Å². The van der Waals surface area contributed by atoms with Crippen LogP contribution in [0.25, 0.3) is 0 Å². The Hall–Kier alpha value is -1.91. The van der Waals surface area contributed by atoms with Gasteiger partial charge < -0.3 is 14.7 Å². The van der Waals surface area contributed by atoms with Crippen molar-refractivity contribution < 1.29 is 19.5 Å². The molecule has 1 aromatic carbocycles. The van der Waals surface area contributed by atoms with Gasteiger partial charge in [-0.15, -0.1) is 5.06 Å². The predicted octanol–water partition coefficient (Wildman–Crippen LogP) is 4.97. The standard InChI is InChI=1S/C18H29NO4/c1-4-8-15(9-5-2)14-22-16-10-7-11-17(13-16)23-19(12-6-3)18(20)21/h7,10-11,13,15H,4-6,8-9,12,14H2,1-3H3,(H,20,21). The molecule has 0 heterocycles. The van der Waals surface area contributed by atoms with Crippen LogP contribution in [-0.2, 0) is 0 Å². The summed E-state index contributed by atoms with van der Waals surface area (Å²) in [6.07, 6.45) is 4.23. The zero-order valence-electron chi connectivity index (χ0n) is 14.5. The summed E-state index contributed by atoms with van der Waals surface area (Å²) in [7, 11) is 0. The summed E-state index contributed by atoms with van der Waals surface area (Å²) in [5.41, 5.74) is 0. The Morgan fingerprint density at radius 3 is 2.35 bits per heavy atom. The Morgan fingerprint density at radius 2 is 1.78 bits per heavy atom. The normalized spacial score (nSPS) is 10.6. The van der Waals surface area contributed by atoms with Gasteiger partial charge in [0.05, 0.1) is 13.2 Å². The van der Waals surface area contributed by atoms with Gasteiger partial charge in [-0.1, -0.05) is 39.7 Å². The molecule has 0 bridgehead atoms. The van der Waals surface area contributed by atoms with Crippen molar-refractivity contribution in [3.8, 4) is 11.5 Å². The van der Waals surface area contributed by atoms with Crippen LogP contribution in [-0.4, -0.2) is 29.4 Å². The molecule has 130 valence electrons. The van der Waals surface area contributed by atoms with Crippen molar-refractivity contribution in [3.05, 3.63) is 24.3 Å². The lowest BCUT2D eigenvalue weighted by atomic mass is 9.99. The molecule has 0 saturated carbocycles. The van der Waals surface area contributed by atoms with Crippen LogP contribution in [0.3, 0.4) is 0 Å². The SMILES string of the molecule is CCCC(CCC)COc1cccc(ON(CCC)C(=O)O)c1. The van der Waals surface area contributed by atoms with E-state index in [-0.39, 0.29) is 0 Å². The van der Waals surface area contributed by atoms with E-state index in [2.05, 4.69) is 13.8 Å². The van der Waals surface area contributed by atoms with Crippen molar-refractivity contribution in [2.24, 2.45) is 5.92 Å². The van der Waals surface area contributed by atoms with Crippen molar-refractivity contribution >= 4 is 6.09 Å². The molecule has 0 aliphatic heterocycles. The predicted molar refractivity (Wildman–Crippen MR) is 90.9 cm³/mol. The van der Waals surface area contributed by atoms with Crippen LogP contribution >= 0.6 is 0 Å². The lowest BCUT2D eigenvalue weighted by Crippen LogP contribution is -2.33. The third-order valence-electron chi connectivity index (χ3n) is 3.54. The minimum absolute atomic E-state index is 0.329. The molecule has 1 aromatic rings. The van der Waals surface area contributed by atoms with Gasteiger partial charge in [-0.3, -0.25) is 0 Å². The maximum atomic E-state index is 11.1. The number of carbonyl (C=O) groups is 1. The number of rotatable bonds is 11. The van der Waals surface area contributed by atoms with E-state index in [4.69, 9.17) is 14.7 Å². The molecule has 0 aliphatic carbocycles. The van der Waals surface area contributed by atoms with E-state index in [0.29, 0.717) is 37.0 Å². The largest absolute Gasteiger partial charge is 0.493 e. The van der Waals surface area contributed by atoms with Gasteiger partial charge in [0, 0.05) is 6.07 Å². The highest BCUT2D eigenvalue weighted by Crippen LogP contribution is 2.22. The van der Waals surface area contributed by atoms with Crippen LogP contribution in [0.2, 0.25) is 0 Å². The molecule has 0 aliphatic rings. The zero-order chi connectivity index (χ0) is 17.1. The fourth-order valence-corrected chi connectivity index (χ4v) is 2.47. The molecule has 0 aromatic heterocycles. The van der Waals surface area contributed by atoms with Crippen LogP contribution < -0.4 is 9.57 Å². The van der Waals surface area contributed by atoms with E-state index in [0.717, 1.165) is 30.7 Å². The van der Waals surface area contributed by atoms with Crippen molar-refractivity contribution in [3.63, 3.8) is 0 Å². The smallest absolute Gasteiger partial charge is 0.440 e. The number of ether oxygens (including phenoxy) is 1. The van der Waals surface area contributed by atoms with Crippen molar-refractivity contribution in [1.29, 1.82) is 0 Å². The second-order valence-electron chi connectivity index (χ2n) is 5.71. The summed E-state index contributed by atoms with van der Waals surface area (Å²) in [6, 6.07) is 7.15. The third kappa shape index (κ3) is 7.26. The monoisotopic (exact) mass is 323 g/mol. The fourth-order valence-electron chi connectivity index (χ4n) is 2.47. The van der Waals surface area contributed by atoms with Crippen molar-refractivity contribution in [1.82, 2.24) is 5.06 Å². The number of carboxylic acid groups (broad SMARTS) is 1. The Kier molecular flexibility index (Phi) is 8.95. The molecule has 0 fully saturated rings. The first kappa shape index (κ1) is 19.1. The molecule has 0 spiro atoms. The van der Waals surface area contributed by atoms with Gasteiger partial charge in [-0.2, -0.15) is 0 Å². The second-order valence-corrected chi connectivity index (χ2v) is 5.71. The number of benzene rings is 1. The van der Waals surface area contributed by atoms with E-state index in [1.807, 2.05) is 19.1 Å². The second kappa shape index (κ2) is 10.8. The molecule has 1 N–H and O–H groups in total. The van der Waals surface area contributed by atoms with Gasteiger partial charge >= 0.3 is 6.09 Å². The Morgan fingerprint density at radius 1 is 1.13 bits per heavy atom. The lowest BCUT2D eigenvalue weighted by Gasteiger charge is -2.19. The van der Waals surface area contributed by atoms with Crippen LogP contribution in [0.4, 0.5) is 4.79 Å². The number of amides is 1. The molecule has 0 unspecified atom stereocenters. The topological polar surface area (TPSA) is 59.0 Å². The molecule has 1 rings (SSSR count). The molecule has 0 atom stereocenters. The molecular formula is C18H29NO4. The number of hydroxylamine groups is 2. The summed E-state index contributed by atoms with van der Waals surface area (Å²) in [5, 5.41) is 10.0. The molecule has 0 radical (unpaired) electrons.